The smallest absolute Gasteiger partial charge is 0.256 e. The molecule has 2 saturated heterocycles. The summed E-state index contributed by atoms with van der Waals surface area (Å²) in [4.78, 5) is 43.5. The van der Waals surface area contributed by atoms with Crippen molar-refractivity contribution in [3.05, 3.63) is 101 Å². The van der Waals surface area contributed by atoms with E-state index >= 15 is 0 Å². The third kappa shape index (κ3) is 5.49. The Bertz CT molecular complexity index is 1320. The molecule has 202 valence electrons. The Labute approximate surface area is 226 Å². The number of hydrogen-bond acceptors (Lipinski definition) is 5. The van der Waals surface area contributed by atoms with Crippen LogP contribution in [-0.4, -0.2) is 66.1 Å². The predicted octanol–water partition coefficient (Wildman–Crippen LogP) is 3.62. The van der Waals surface area contributed by atoms with Crippen LogP contribution in [0.2, 0.25) is 0 Å². The number of halogens is 1. The molecular formula is C30H30FN3O5. The first-order chi connectivity index (χ1) is 18.9. The molecule has 3 aromatic rings. The van der Waals surface area contributed by atoms with Crippen LogP contribution in [-0.2, 0) is 16.1 Å². The monoisotopic (exact) mass is 531 g/mol. The van der Waals surface area contributed by atoms with Gasteiger partial charge in [-0.15, -0.1) is 0 Å². The molecule has 8 nitrogen and oxygen atoms in total. The van der Waals surface area contributed by atoms with Crippen LogP contribution in [0.25, 0.3) is 0 Å². The van der Waals surface area contributed by atoms with Gasteiger partial charge in [0.25, 0.3) is 11.8 Å². The summed E-state index contributed by atoms with van der Waals surface area (Å²) in [6, 6.07) is 20.9. The molecule has 2 aliphatic rings. The average Bonchev–Trinajstić information content (AvgIpc) is 3.35. The Morgan fingerprint density at radius 3 is 2.18 bits per heavy atom. The lowest BCUT2D eigenvalue weighted by Crippen LogP contribution is -2.59. The summed E-state index contributed by atoms with van der Waals surface area (Å²) < 4.78 is 24.8. The van der Waals surface area contributed by atoms with Gasteiger partial charge in [0.2, 0.25) is 5.91 Å². The van der Waals surface area contributed by atoms with Gasteiger partial charge in [0.15, 0.2) is 0 Å². The number of methoxy groups -OCH3 is 1. The second kappa shape index (κ2) is 11.2. The van der Waals surface area contributed by atoms with E-state index in [0.717, 1.165) is 5.56 Å². The highest BCUT2D eigenvalue weighted by Crippen LogP contribution is 2.39. The Kier molecular flexibility index (Phi) is 7.60. The number of ether oxygens (including phenoxy) is 2. The van der Waals surface area contributed by atoms with Crippen LogP contribution < -0.4 is 10.1 Å². The molecular weight excluding hydrogens is 501 g/mol. The van der Waals surface area contributed by atoms with E-state index in [2.05, 4.69) is 5.32 Å². The minimum absolute atomic E-state index is 0.0500. The second-order valence-corrected chi connectivity index (χ2v) is 9.68. The van der Waals surface area contributed by atoms with E-state index in [1.165, 1.54) is 24.3 Å². The number of benzene rings is 3. The Hall–Kier alpha value is -4.24. The Morgan fingerprint density at radius 2 is 1.54 bits per heavy atom. The molecule has 1 spiro atoms. The van der Waals surface area contributed by atoms with E-state index in [1.807, 2.05) is 30.3 Å². The van der Waals surface area contributed by atoms with Crippen molar-refractivity contribution in [2.75, 3.05) is 26.8 Å². The molecule has 3 aromatic carbocycles. The van der Waals surface area contributed by atoms with Crippen LogP contribution in [0.1, 0.15) is 39.1 Å². The minimum Gasteiger partial charge on any atom is -0.497 e. The third-order valence-corrected chi connectivity index (χ3v) is 7.35. The van der Waals surface area contributed by atoms with Crippen LogP contribution >= 0.6 is 0 Å². The van der Waals surface area contributed by atoms with Crippen molar-refractivity contribution in [1.29, 1.82) is 0 Å². The molecule has 2 fully saturated rings. The number of likely N-dealkylation sites (tertiary alicyclic amines) is 1. The van der Waals surface area contributed by atoms with Crippen molar-refractivity contribution in [1.82, 2.24) is 15.1 Å². The number of hydrogen-bond donors (Lipinski definition) is 1. The first-order valence-electron chi connectivity index (χ1n) is 12.9. The number of rotatable bonds is 6. The van der Waals surface area contributed by atoms with Crippen molar-refractivity contribution < 1.29 is 28.2 Å². The molecule has 3 amide bonds. The summed E-state index contributed by atoms with van der Waals surface area (Å²) in [6.45, 7) is 1.02. The molecule has 0 aromatic heterocycles. The van der Waals surface area contributed by atoms with E-state index in [-0.39, 0.29) is 24.3 Å². The molecule has 5 rings (SSSR count). The van der Waals surface area contributed by atoms with Gasteiger partial charge in [-0.05, 0) is 54.1 Å². The van der Waals surface area contributed by atoms with E-state index in [1.54, 1.807) is 41.2 Å². The van der Waals surface area contributed by atoms with E-state index in [9.17, 15) is 18.8 Å². The van der Waals surface area contributed by atoms with Gasteiger partial charge in [-0.3, -0.25) is 19.3 Å². The van der Waals surface area contributed by atoms with E-state index < -0.39 is 17.6 Å². The van der Waals surface area contributed by atoms with Gasteiger partial charge in [-0.25, -0.2) is 4.39 Å². The lowest BCUT2D eigenvalue weighted by molar-refractivity contribution is -0.128. The molecule has 0 bridgehead atoms. The first-order valence-corrected chi connectivity index (χ1v) is 12.9. The lowest BCUT2D eigenvalue weighted by Gasteiger charge is -2.44. The molecule has 0 aliphatic carbocycles. The highest BCUT2D eigenvalue weighted by atomic mass is 19.1. The van der Waals surface area contributed by atoms with Crippen molar-refractivity contribution in [2.45, 2.75) is 31.2 Å². The van der Waals surface area contributed by atoms with Gasteiger partial charge in [0.1, 0.15) is 23.3 Å². The van der Waals surface area contributed by atoms with Gasteiger partial charge in [-0.2, -0.15) is 0 Å². The first kappa shape index (κ1) is 26.4. The molecule has 9 heteroatoms. The quantitative estimate of drug-likeness (QED) is 0.525. The molecule has 0 radical (unpaired) electrons. The highest BCUT2D eigenvalue weighted by molar-refractivity contribution is 5.99. The van der Waals surface area contributed by atoms with Gasteiger partial charge >= 0.3 is 0 Å². The van der Waals surface area contributed by atoms with Gasteiger partial charge in [0.05, 0.1) is 13.7 Å². The normalized spacial score (nSPS) is 18.2. The molecule has 1 atom stereocenters. The summed E-state index contributed by atoms with van der Waals surface area (Å²) in [5, 5.41) is 2.94. The van der Waals surface area contributed by atoms with E-state index in [0.29, 0.717) is 49.4 Å². The Balaban J connectivity index is 1.36. The molecule has 0 unspecified atom stereocenters. The second-order valence-electron chi connectivity index (χ2n) is 9.68. The van der Waals surface area contributed by atoms with Crippen LogP contribution in [0.4, 0.5) is 4.39 Å². The zero-order chi connectivity index (χ0) is 27.4. The maximum absolute atomic E-state index is 13.9. The maximum atomic E-state index is 13.9. The van der Waals surface area contributed by atoms with Crippen LogP contribution in [0.5, 0.6) is 5.75 Å². The fourth-order valence-corrected chi connectivity index (χ4v) is 5.18. The van der Waals surface area contributed by atoms with Gasteiger partial charge in [0, 0.05) is 43.6 Å². The van der Waals surface area contributed by atoms with Gasteiger partial charge in [-0.1, -0.05) is 30.3 Å². The number of carbonyl (C=O) groups excluding carboxylic acids is 3. The largest absolute Gasteiger partial charge is 0.497 e. The number of nitrogens with one attached hydrogen (secondary N) is 1. The van der Waals surface area contributed by atoms with E-state index in [4.69, 9.17) is 9.47 Å². The number of nitrogens with zero attached hydrogens (tertiary/aromatic N) is 2. The van der Waals surface area contributed by atoms with Crippen molar-refractivity contribution in [3.63, 3.8) is 0 Å². The van der Waals surface area contributed by atoms with Gasteiger partial charge < -0.3 is 19.7 Å². The predicted molar refractivity (Wildman–Crippen MR) is 141 cm³/mol. The topological polar surface area (TPSA) is 88.2 Å². The molecule has 1 N–H and O–H groups in total. The maximum Gasteiger partial charge on any atom is 0.256 e. The average molecular weight is 532 g/mol. The highest BCUT2D eigenvalue weighted by Gasteiger charge is 2.54. The summed E-state index contributed by atoms with van der Waals surface area (Å²) >= 11 is 0. The number of piperidine rings is 1. The Morgan fingerprint density at radius 1 is 0.923 bits per heavy atom. The molecule has 39 heavy (non-hydrogen) atoms. The molecule has 2 aliphatic heterocycles. The summed E-state index contributed by atoms with van der Waals surface area (Å²) in [7, 11) is 1.55. The third-order valence-electron chi connectivity index (χ3n) is 7.35. The van der Waals surface area contributed by atoms with Crippen LogP contribution in [0.3, 0.4) is 0 Å². The van der Waals surface area contributed by atoms with Crippen LogP contribution in [0.15, 0.2) is 78.9 Å². The fraction of sp³-hybridized carbons (Fsp3) is 0.300. The minimum atomic E-state index is -1.04. The van der Waals surface area contributed by atoms with Crippen LogP contribution in [0, 0.1) is 5.82 Å². The fourth-order valence-electron chi connectivity index (χ4n) is 5.18. The standard InChI is InChI=1S/C30H30FN3O5/c1-38-25-13-9-23(10-14-25)29(37)34-26(27(35)32-19-21-5-3-2-4-6-21)20-39-30(34)15-17-33(18-16-30)28(36)22-7-11-24(31)12-8-22/h2-14,26H,15-20H2,1H3,(H,32,35)/t26-/m0/s1. The summed E-state index contributed by atoms with van der Waals surface area (Å²) in [5.41, 5.74) is 0.709. The summed E-state index contributed by atoms with van der Waals surface area (Å²) in [6.07, 6.45) is 0.675. The summed E-state index contributed by atoms with van der Waals surface area (Å²) in [5.74, 6) is -0.639. The number of amides is 3. The lowest BCUT2D eigenvalue weighted by atomic mass is 9.96. The molecule has 0 saturated carbocycles. The molecule has 2 heterocycles. The van der Waals surface area contributed by atoms with Crippen molar-refractivity contribution in [3.8, 4) is 5.75 Å². The number of carbonyl (C=O) groups is 3. The van der Waals surface area contributed by atoms with Crippen molar-refractivity contribution >= 4 is 17.7 Å². The van der Waals surface area contributed by atoms with Crippen molar-refractivity contribution in [2.24, 2.45) is 0 Å². The zero-order valence-electron chi connectivity index (χ0n) is 21.6. The SMILES string of the molecule is COc1ccc(C(=O)N2[C@H](C(=O)NCc3ccccc3)COC23CCN(C(=O)c2ccc(F)cc2)CC3)cc1. The zero-order valence-corrected chi connectivity index (χ0v) is 21.6.